The highest BCUT2D eigenvalue weighted by Crippen LogP contribution is 2.27. The molecular weight excluding hydrogens is 464 g/mol. The van der Waals surface area contributed by atoms with Gasteiger partial charge in [-0.05, 0) is 41.3 Å². The summed E-state index contributed by atoms with van der Waals surface area (Å²) >= 11 is 0. The van der Waals surface area contributed by atoms with Crippen molar-refractivity contribution in [1.82, 2.24) is 14.9 Å². The summed E-state index contributed by atoms with van der Waals surface area (Å²) in [5.74, 6) is 0.337. The third kappa shape index (κ3) is 5.82. The Morgan fingerprint density at radius 2 is 1.46 bits per heavy atom. The third-order valence-corrected chi connectivity index (χ3v) is 6.85. The van der Waals surface area contributed by atoms with Crippen molar-refractivity contribution in [2.75, 3.05) is 5.32 Å². The molecule has 1 amide bonds. The van der Waals surface area contributed by atoms with Crippen molar-refractivity contribution in [3.63, 3.8) is 0 Å². The van der Waals surface area contributed by atoms with Crippen molar-refractivity contribution in [2.24, 2.45) is 5.92 Å². The van der Waals surface area contributed by atoms with Gasteiger partial charge in [0.1, 0.15) is 6.04 Å². The molecule has 0 spiro atoms. The molecule has 0 saturated heterocycles. The molecule has 1 atom stereocenters. The molecular formula is C26H26N4O4S. The Labute approximate surface area is 204 Å². The summed E-state index contributed by atoms with van der Waals surface area (Å²) in [4.78, 5) is 15.7. The molecule has 3 aromatic carbocycles. The Balaban J connectivity index is 1.52. The minimum Gasteiger partial charge on any atom is -0.337 e. The molecule has 0 aliphatic rings. The summed E-state index contributed by atoms with van der Waals surface area (Å²) < 4.78 is 34.4. The van der Waals surface area contributed by atoms with Crippen LogP contribution >= 0.6 is 0 Å². The van der Waals surface area contributed by atoms with Gasteiger partial charge >= 0.3 is 0 Å². The normalized spacial score (nSPS) is 12.5. The van der Waals surface area contributed by atoms with Crippen LogP contribution < -0.4 is 10.0 Å². The topological polar surface area (TPSA) is 114 Å². The molecule has 0 saturated carbocycles. The third-order valence-electron chi connectivity index (χ3n) is 5.39. The lowest BCUT2D eigenvalue weighted by Gasteiger charge is -2.18. The number of amides is 1. The lowest BCUT2D eigenvalue weighted by molar-refractivity contribution is -0.114. The van der Waals surface area contributed by atoms with E-state index in [0.29, 0.717) is 11.5 Å². The van der Waals surface area contributed by atoms with E-state index in [9.17, 15) is 13.2 Å². The molecule has 0 aliphatic heterocycles. The molecule has 4 rings (SSSR count). The molecule has 0 radical (unpaired) electrons. The maximum absolute atomic E-state index is 13.2. The minimum atomic E-state index is -3.85. The van der Waals surface area contributed by atoms with Gasteiger partial charge in [-0.15, -0.1) is 0 Å². The second-order valence-corrected chi connectivity index (χ2v) is 10.2. The number of nitrogens with zero attached hydrogens (tertiary/aromatic N) is 2. The summed E-state index contributed by atoms with van der Waals surface area (Å²) in [7, 11) is -3.85. The number of aromatic nitrogens is 2. The second kappa shape index (κ2) is 10.2. The number of carbonyl (C=O) groups is 1. The number of nitrogens with one attached hydrogen (secondary N) is 2. The first kappa shape index (κ1) is 24.3. The van der Waals surface area contributed by atoms with Crippen LogP contribution in [0, 0.1) is 5.92 Å². The van der Waals surface area contributed by atoms with Crippen LogP contribution in [-0.4, -0.2) is 24.5 Å². The van der Waals surface area contributed by atoms with Crippen molar-refractivity contribution < 1.29 is 17.7 Å². The van der Waals surface area contributed by atoms with Gasteiger partial charge in [0.15, 0.2) is 0 Å². The number of hydrogen-bond donors (Lipinski definition) is 2. The molecule has 180 valence electrons. The van der Waals surface area contributed by atoms with E-state index < -0.39 is 16.1 Å². The average Bonchev–Trinajstić information content (AvgIpc) is 3.33. The van der Waals surface area contributed by atoms with E-state index in [1.54, 1.807) is 36.4 Å². The quantitative estimate of drug-likeness (QED) is 0.358. The zero-order chi connectivity index (χ0) is 25.0. The Bertz CT molecular complexity index is 1400. The fourth-order valence-corrected chi connectivity index (χ4v) is 4.89. The molecule has 1 heterocycles. The Hall–Kier alpha value is -3.82. The Kier molecular flexibility index (Phi) is 7.09. The minimum absolute atomic E-state index is 0.129. The van der Waals surface area contributed by atoms with Gasteiger partial charge in [0.05, 0.1) is 4.90 Å². The van der Waals surface area contributed by atoms with Crippen molar-refractivity contribution >= 4 is 21.6 Å². The number of carbonyl (C=O) groups excluding carboxylic acids is 1. The van der Waals surface area contributed by atoms with Crippen LogP contribution in [0.4, 0.5) is 5.69 Å². The zero-order valence-corrected chi connectivity index (χ0v) is 20.4. The van der Waals surface area contributed by atoms with Gasteiger partial charge < -0.3 is 9.84 Å². The van der Waals surface area contributed by atoms with Gasteiger partial charge in [-0.2, -0.15) is 9.71 Å². The highest BCUT2D eigenvalue weighted by atomic mass is 32.2. The van der Waals surface area contributed by atoms with Gasteiger partial charge in [0.25, 0.3) is 0 Å². The molecule has 1 unspecified atom stereocenters. The van der Waals surface area contributed by atoms with E-state index in [1.165, 1.54) is 6.92 Å². The van der Waals surface area contributed by atoms with Crippen molar-refractivity contribution in [3.05, 3.63) is 84.8 Å². The first-order chi connectivity index (χ1) is 16.7. The van der Waals surface area contributed by atoms with Crippen LogP contribution in [0.5, 0.6) is 0 Å². The predicted molar refractivity (Wildman–Crippen MR) is 134 cm³/mol. The standard InChI is InChI=1S/C26H26N4O4S/c1-17(2)24(26-28-25(29-34-26)21-7-5-4-6-8-21)30-35(32,33)23-15-11-20(12-16-23)19-9-13-22(14-10-19)27-18(3)31/h4-17,24,30H,1-3H3,(H,27,31). The van der Waals surface area contributed by atoms with Gasteiger partial charge in [0.2, 0.25) is 27.6 Å². The molecule has 4 aromatic rings. The number of anilines is 1. The Morgan fingerprint density at radius 1 is 0.857 bits per heavy atom. The van der Waals surface area contributed by atoms with E-state index in [1.807, 2.05) is 56.3 Å². The molecule has 0 fully saturated rings. The van der Waals surface area contributed by atoms with Gasteiger partial charge in [0, 0.05) is 18.2 Å². The first-order valence-electron chi connectivity index (χ1n) is 11.1. The molecule has 8 nitrogen and oxygen atoms in total. The fraction of sp³-hybridized carbons (Fsp3) is 0.192. The monoisotopic (exact) mass is 490 g/mol. The summed E-state index contributed by atoms with van der Waals surface area (Å²) in [6.45, 7) is 5.21. The SMILES string of the molecule is CC(=O)Nc1ccc(-c2ccc(S(=O)(=O)NC(c3nc(-c4ccccc4)no3)C(C)C)cc2)cc1. The van der Waals surface area contributed by atoms with E-state index in [-0.39, 0.29) is 22.6 Å². The first-order valence-corrected chi connectivity index (χ1v) is 12.6. The van der Waals surface area contributed by atoms with E-state index >= 15 is 0 Å². The lowest BCUT2D eigenvalue weighted by atomic mass is 10.1. The van der Waals surface area contributed by atoms with Crippen molar-refractivity contribution in [1.29, 1.82) is 0 Å². The molecule has 2 N–H and O–H groups in total. The van der Waals surface area contributed by atoms with E-state index in [2.05, 4.69) is 20.2 Å². The fourth-order valence-electron chi connectivity index (χ4n) is 3.55. The smallest absolute Gasteiger partial charge is 0.245 e. The van der Waals surface area contributed by atoms with Crippen LogP contribution in [0.25, 0.3) is 22.5 Å². The largest absolute Gasteiger partial charge is 0.337 e. The van der Waals surface area contributed by atoms with Gasteiger partial charge in [-0.1, -0.05) is 73.6 Å². The number of rotatable bonds is 8. The summed E-state index contributed by atoms with van der Waals surface area (Å²) in [6, 6.07) is 22.6. The van der Waals surface area contributed by atoms with Crippen molar-refractivity contribution in [2.45, 2.75) is 31.7 Å². The number of hydrogen-bond acceptors (Lipinski definition) is 6. The van der Waals surface area contributed by atoms with Crippen molar-refractivity contribution in [3.8, 4) is 22.5 Å². The van der Waals surface area contributed by atoms with Crippen LogP contribution in [0.3, 0.4) is 0 Å². The maximum atomic E-state index is 13.2. The molecule has 1 aromatic heterocycles. The predicted octanol–water partition coefficient (Wildman–Crippen LogP) is 5.04. The maximum Gasteiger partial charge on any atom is 0.245 e. The van der Waals surface area contributed by atoms with Gasteiger partial charge in [-0.25, -0.2) is 8.42 Å². The highest BCUT2D eigenvalue weighted by Gasteiger charge is 2.28. The molecule has 0 bridgehead atoms. The summed E-state index contributed by atoms with van der Waals surface area (Å²) in [6.07, 6.45) is 0. The second-order valence-electron chi connectivity index (χ2n) is 8.45. The van der Waals surface area contributed by atoms with Crippen LogP contribution in [-0.2, 0) is 14.8 Å². The van der Waals surface area contributed by atoms with Crippen LogP contribution in [0.15, 0.2) is 88.3 Å². The number of sulfonamides is 1. The van der Waals surface area contributed by atoms with E-state index in [4.69, 9.17) is 4.52 Å². The molecule has 35 heavy (non-hydrogen) atoms. The average molecular weight is 491 g/mol. The summed E-state index contributed by atoms with van der Waals surface area (Å²) in [5.41, 5.74) is 3.23. The Morgan fingerprint density at radius 3 is 2.03 bits per heavy atom. The molecule has 9 heteroatoms. The molecule has 0 aliphatic carbocycles. The summed E-state index contributed by atoms with van der Waals surface area (Å²) in [5, 5.41) is 6.74. The highest BCUT2D eigenvalue weighted by molar-refractivity contribution is 7.89. The van der Waals surface area contributed by atoms with Gasteiger partial charge in [-0.3, -0.25) is 4.79 Å². The van der Waals surface area contributed by atoms with Crippen LogP contribution in [0.2, 0.25) is 0 Å². The van der Waals surface area contributed by atoms with Crippen LogP contribution in [0.1, 0.15) is 32.7 Å². The lowest BCUT2D eigenvalue weighted by Crippen LogP contribution is -2.32. The van der Waals surface area contributed by atoms with E-state index in [0.717, 1.165) is 16.7 Å². The zero-order valence-electron chi connectivity index (χ0n) is 19.6. The number of benzene rings is 3.